The maximum atomic E-state index is 3.83. The van der Waals surface area contributed by atoms with E-state index in [-0.39, 0.29) is 0 Å². The molecule has 0 saturated heterocycles. The van der Waals surface area contributed by atoms with Gasteiger partial charge in [-0.1, -0.05) is 73.7 Å². The van der Waals surface area contributed by atoms with Gasteiger partial charge in [-0.2, -0.15) is 0 Å². The molecule has 0 saturated carbocycles. The zero-order valence-corrected chi connectivity index (χ0v) is 19.1. The van der Waals surface area contributed by atoms with Gasteiger partial charge in [0.25, 0.3) is 0 Å². The van der Waals surface area contributed by atoms with Crippen molar-refractivity contribution in [2.24, 2.45) is 0 Å². The highest BCUT2D eigenvalue weighted by atomic mass is 15.0. The number of rotatable bonds is 6. The van der Waals surface area contributed by atoms with Crippen LogP contribution < -0.4 is 0 Å². The van der Waals surface area contributed by atoms with Gasteiger partial charge in [0.05, 0.1) is 0 Å². The molecule has 4 rings (SSSR count). The van der Waals surface area contributed by atoms with Crippen molar-refractivity contribution in [3.8, 4) is 11.1 Å². The van der Waals surface area contributed by atoms with Crippen LogP contribution in [0.15, 0.2) is 91.0 Å². The molecule has 0 aliphatic carbocycles. The SMILES string of the molecule is C=C/C=C\C(=C(C)C)c1cc(-c2ccc3c(c2)c2ccccc2n3CCC)ccc1C. The van der Waals surface area contributed by atoms with Crippen molar-refractivity contribution in [1.82, 2.24) is 4.57 Å². The Labute approximate surface area is 186 Å². The maximum absolute atomic E-state index is 3.83. The van der Waals surface area contributed by atoms with Crippen LogP contribution in [-0.2, 0) is 6.54 Å². The molecule has 3 aromatic carbocycles. The Bertz CT molecular complexity index is 1320. The van der Waals surface area contributed by atoms with Crippen molar-refractivity contribution < 1.29 is 0 Å². The Morgan fingerprint density at radius 3 is 2.35 bits per heavy atom. The van der Waals surface area contributed by atoms with E-state index < -0.39 is 0 Å². The van der Waals surface area contributed by atoms with E-state index in [1.807, 2.05) is 12.2 Å². The highest BCUT2D eigenvalue weighted by Crippen LogP contribution is 2.34. The topological polar surface area (TPSA) is 4.93 Å². The van der Waals surface area contributed by atoms with Gasteiger partial charge in [-0.3, -0.25) is 0 Å². The van der Waals surface area contributed by atoms with Crippen molar-refractivity contribution in [3.63, 3.8) is 0 Å². The molecule has 0 bridgehead atoms. The predicted molar refractivity (Wildman–Crippen MR) is 138 cm³/mol. The van der Waals surface area contributed by atoms with Crippen LogP contribution in [0.3, 0.4) is 0 Å². The second-order valence-electron chi connectivity index (χ2n) is 8.44. The lowest BCUT2D eigenvalue weighted by molar-refractivity contribution is 0.724. The van der Waals surface area contributed by atoms with Crippen molar-refractivity contribution in [2.45, 2.75) is 40.7 Å². The lowest BCUT2D eigenvalue weighted by Gasteiger charge is -2.13. The summed E-state index contributed by atoms with van der Waals surface area (Å²) < 4.78 is 2.45. The van der Waals surface area contributed by atoms with E-state index in [9.17, 15) is 0 Å². The van der Waals surface area contributed by atoms with Gasteiger partial charge in [0.15, 0.2) is 0 Å². The fraction of sp³-hybridized carbons (Fsp3) is 0.200. The molecule has 1 heterocycles. The molecule has 0 spiro atoms. The number of aryl methyl sites for hydroxylation is 2. The maximum Gasteiger partial charge on any atom is 0.0491 e. The lowest BCUT2D eigenvalue weighted by Crippen LogP contribution is -1.95. The Kier molecular flexibility index (Phi) is 5.95. The highest BCUT2D eigenvalue weighted by Gasteiger charge is 2.12. The fourth-order valence-electron chi connectivity index (χ4n) is 4.48. The number of fused-ring (bicyclic) bond motifs is 3. The van der Waals surface area contributed by atoms with E-state index in [2.05, 4.69) is 106 Å². The predicted octanol–water partition coefficient (Wildman–Crippen LogP) is 8.72. The van der Waals surface area contributed by atoms with Gasteiger partial charge in [-0.05, 0) is 79.3 Å². The molecule has 156 valence electrons. The largest absolute Gasteiger partial charge is 0.340 e. The third-order valence-electron chi connectivity index (χ3n) is 6.02. The van der Waals surface area contributed by atoms with E-state index >= 15 is 0 Å². The monoisotopic (exact) mass is 405 g/mol. The average Bonchev–Trinajstić information content (AvgIpc) is 3.08. The van der Waals surface area contributed by atoms with E-state index in [0.717, 1.165) is 13.0 Å². The number of benzene rings is 3. The fourth-order valence-corrected chi connectivity index (χ4v) is 4.48. The van der Waals surface area contributed by atoms with Gasteiger partial charge in [-0.25, -0.2) is 0 Å². The van der Waals surface area contributed by atoms with Crippen LogP contribution in [0.25, 0.3) is 38.5 Å². The third kappa shape index (κ3) is 3.88. The van der Waals surface area contributed by atoms with Crippen LogP contribution in [0.1, 0.15) is 38.3 Å². The number of allylic oxidation sites excluding steroid dienone is 5. The van der Waals surface area contributed by atoms with Crippen molar-refractivity contribution in [3.05, 3.63) is 102 Å². The number of para-hydroxylation sites is 1. The Balaban J connectivity index is 1.90. The molecule has 0 aliphatic heterocycles. The van der Waals surface area contributed by atoms with Crippen LogP contribution in [-0.4, -0.2) is 4.57 Å². The molecule has 0 fully saturated rings. The van der Waals surface area contributed by atoms with Gasteiger partial charge >= 0.3 is 0 Å². The molecule has 1 heteroatoms. The van der Waals surface area contributed by atoms with Gasteiger partial charge in [-0.15, -0.1) is 0 Å². The van der Waals surface area contributed by atoms with Crippen LogP contribution in [0, 0.1) is 6.92 Å². The molecule has 0 radical (unpaired) electrons. The first-order chi connectivity index (χ1) is 15.0. The molecule has 0 aliphatic rings. The smallest absolute Gasteiger partial charge is 0.0491 e. The Morgan fingerprint density at radius 2 is 1.61 bits per heavy atom. The molecular weight excluding hydrogens is 374 g/mol. The summed E-state index contributed by atoms with van der Waals surface area (Å²) in [6.45, 7) is 13.6. The molecule has 1 aromatic heterocycles. The minimum Gasteiger partial charge on any atom is -0.340 e. The molecule has 4 aromatic rings. The molecule has 31 heavy (non-hydrogen) atoms. The summed E-state index contributed by atoms with van der Waals surface area (Å²) in [4.78, 5) is 0. The molecule has 0 amide bonds. The first kappa shape index (κ1) is 20.9. The zero-order chi connectivity index (χ0) is 22.0. The van der Waals surface area contributed by atoms with Crippen LogP contribution in [0.4, 0.5) is 0 Å². The summed E-state index contributed by atoms with van der Waals surface area (Å²) in [5.41, 5.74) is 10.3. The zero-order valence-electron chi connectivity index (χ0n) is 19.1. The quantitative estimate of drug-likeness (QED) is 0.283. The van der Waals surface area contributed by atoms with E-state index in [1.54, 1.807) is 0 Å². The molecule has 0 unspecified atom stereocenters. The van der Waals surface area contributed by atoms with E-state index in [0.29, 0.717) is 0 Å². The van der Waals surface area contributed by atoms with Crippen molar-refractivity contribution in [2.75, 3.05) is 0 Å². The minimum atomic E-state index is 1.04. The minimum absolute atomic E-state index is 1.04. The summed E-state index contributed by atoms with van der Waals surface area (Å²) in [7, 11) is 0. The molecule has 0 N–H and O–H groups in total. The average molecular weight is 406 g/mol. The third-order valence-corrected chi connectivity index (χ3v) is 6.02. The van der Waals surface area contributed by atoms with Gasteiger partial charge in [0, 0.05) is 28.4 Å². The van der Waals surface area contributed by atoms with E-state index in [1.165, 1.54) is 55.2 Å². The number of nitrogens with zero attached hydrogens (tertiary/aromatic N) is 1. The second kappa shape index (κ2) is 8.81. The summed E-state index contributed by atoms with van der Waals surface area (Å²) in [6, 6.07) is 22.5. The second-order valence-corrected chi connectivity index (χ2v) is 8.44. The normalized spacial score (nSPS) is 11.5. The molecular formula is C30H31N. The van der Waals surface area contributed by atoms with Gasteiger partial charge in [0.2, 0.25) is 0 Å². The van der Waals surface area contributed by atoms with Gasteiger partial charge < -0.3 is 4.57 Å². The van der Waals surface area contributed by atoms with Crippen LogP contribution >= 0.6 is 0 Å². The summed E-state index contributed by atoms with van der Waals surface area (Å²) >= 11 is 0. The summed E-state index contributed by atoms with van der Waals surface area (Å²) in [5.74, 6) is 0. The van der Waals surface area contributed by atoms with Crippen molar-refractivity contribution >= 4 is 27.4 Å². The van der Waals surface area contributed by atoms with Gasteiger partial charge in [0.1, 0.15) is 0 Å². The lowest BCUT2D eigenvalue weighted by atomic mass is 9.92. The highest BCUT2D eigenvalue weighted by molar-refractivity contribution is 6.09. The van der Waals surface area contributed by atoms with Crippen molar-refractivity contribution in [1.29, 1.82) is 0 Å². The first-order valence-electron chi connectivity index (χ1n) is 11.1. The Morgan fingerprint density at radius 1 is 0.903 bits per heavy atom. The van der Waals surface area contributed by atoms with Crippen LogP contribution in [0.2, 0.25) is 0 Å². The molecule has 0 atom stereocenters. The summed E-state index contributed by atoms with van der Waals surface area (Å²) in [6.07, 6.45) is 7.14. The number of hydrogen-bond donors (Lipinski definition) is 0. The van der Waals surface area contributed by atoms with E-state index in [4.69, 9.17) is 0 Å². The Hall–Kier alpha value is -3.32. The standard InChI is InChI=1S/C30H31N/c1-6-8-11-25(21(3)4)27-19-23(15-14-22(27)5)24-16-17-30-28(20-24)26-12-9-10-13-29(26)31(30)18-7-2/h6,8-17,19-20H,1,7,18H2,2-5H3/b11-8-. The summed E-state index contributed by atoms with van der Waals surface area (Å²) in [5, 5.41) is 2.66. The number of aromatic nitrogens is 1. The molecule has 1 nitrogen and oxygen atoms in total. The number of hydrogen-bond acceptors (Lipinski definition) is 0. The first-order valence-corrected chi connectivity index (χ1v) is 11.1. The van der Waals surface area contributed by atoms with Crippen LogP contribution in [0.5, 0.6) is 0 Å².